The number of carbonyl (C=O) groups is 2. The summed E-state index contributed by atoms with van der Waals surface area (Å²) in [6.07, 6.45) is 2.12. The fourth-order valence-electron chi connectivity index (χ4n) is 2.33. The highest BCUT2D eigenvalue weighted by Crippen LogP contribution is 2.24. The molecule has 5 nitrogen and oxygen atoms in total. The van der Waals surface area contributed by atoms with E-state index in [2.05, 4.69) is 15.9 Å². The highest BCUT2D eigenvalue weighted by molar-refractivity contribution is 9.11. The number of rotatable bonds is 5. The zero-order chi connectivity index (χ0) is 17.0. The minimum Gasteiger partial charge on any atom is -0.447 e. The molecule has 22 heavy (non-hydrogen) atoms. The zero-order valence-corrected chi connectivity index (χ0v) is 15.3. The Balaban J connectivity index is 2.91. The monoisotopic (exact) mass is 373 g/mol. The largest absolute Gasteiger partial charge is 0.447 e. The predicted molar refractivity (Wildman–Crippen MR) is 88.4 cm³/mol. The van der Waals surface area contributed by atoms with Crippen LogP contribution in [0.15, 0.2) is 22.2 Å². The third-order valence-electron chi connectivity index (χ3n) is 3.80. The average Bonchev–Trinajstić information content (AvgIpc) is 2.86. The van der Waals surface area contributed by atoms with Gasteiger partial charge in [-0.05, 0) is 19.8 Å². The zero-order valence-electron chi connectivity index (χ0n) is 13.7. The lowest BCUT2D eigenvalue weighted by molar-refractivity contribution is -0.125. The van der Waals surface area contributed by atoms with Gasteiger partial charge in [-0.3, -0.25) is 4.79 Å². The van der Waals surface area contributed by atoms with Gasteiger partial charge < -0.3 is 9.84 Å². The second-order valence-corrected chi connectivity index (χ2v) is 6.81. The van der Waals surface area contributed by atoms with Crippen molar-refractivity contribution in [3.63, 3.8) is 0 Å². The number of aliphatic hydroxyl groups is 1. The molecule has 0 bridgehead atoms. The van der Waals surface area contributed by atoms with E-state index in [1.165, 1.54) is 4.90 Å². The summed E-state index contributed by atoms with van der Waals surface area (Å²) in [6.45, 7) is 9.41. The summed E-state index contributed by atoms with van der Waals surface area (Å²) in [4.78, 5) is 25.5. The van der Waals surface area contributed by atoms with E-state index in [1.807, 2.05) is 27.7 Å². The van der Waals surface area contributed by atoms with Crippen LogP contribution in [0.2, 0.25) is 0 Å². The molecule has 1 saturated heterocycles. The van der Waals surface area contributed by atoms with Crippen molar-refractivity contribution in [2.45, 2.75) is 46.8 Å². The summed E-state index contributed by atoms with van der Waals surface area (Å²) in [5.41, 5.74) is 0.424. The Kier molecular flexibility index (Phi) is 6.81. The van der Waals surface area contributed by atoms with Crippen LogP contribution < -0.4 is 0 Å². The highest BCUT2D eigenvalue weighted by Gasteiger charge is 2.39. The first-order valence-corrected chi connectivity index (χ1v) is 8.18. The lowest BCUT2D eigenvalue weighted by atomic mass is 9.99. The van der Waals surface area contributed by atoms with Crippen molar-refractivity contribution in [2.75, 3.05) is 6.61 Å². The van der Waals surface area contributed by atoms with Crippen LogP contribution in [0.4, 0.5) is 4.79 Å². The molecule has 1 aliphatic rings. The first-order valence-electron chi connectivity index (χ1n) is 7.39. The molecule has 0 aromatic rings. The Morgan fingerprint density at radius 2 is 2.05 bits per heavy atom. The van der Waals surface area contributed by atoms with Gasteiger partial charge in [0, 0.05) is 16.0 Å². The average molecular weight is 374 g/mol. The second-order valence-electron chi connectivity index (χ2n) is 5.89. The first-order chi connectivity index (χ1) is 10.2. The van der Waals surface area contributed by atoms with Crippen molar-refractivity contribution >= 4 is 27.9 Å². The van der Waals surface area contributed by atoms with Crippen molar-refractivity contribution in [1.82, 2.24) is 4.90 Å². The fourth-order valence-corrected chi connectivity index (χ4v) is 2.75. The number of halogens is 1. The Morgan fingerprint density at radius 1 is 1.45 bits per heavy atom. The van der Waals surface area contributed by atoms with Crippen LogP contribution in [0.5, 0.6) is 0 Å². The number of aliphatic hydroxyl groups excluding tert-OH is 1. The van der Waals surface area contributed by atoms with E-state index < -0.39 is 12.2 Å². The van der Waals surface area contributed by atoms with Crippen LogP contribution >= 0.6 is 15.9 Å². The minimum absolute atomic E-state index is 0.128. The van der Waals surface area contributed by atoms with Crippen LogP contribution in [0.3, 0.4) is 0 Å². The van der Waals surface area contributed by atoms with Gasteiger partial charge in [-0.25, -0.2) is 9.69 Å². The van der Waals surface area contributed by atoms with E-state index in [0.29, 0.717) is 10.1 Å². The molecular formula is C16H24BrNO4. The van der Waals surface area contributed by atoms with Gasteiger partial charge in [0.2, 0.25) is 0 Å². The van der Waals surface area contributed by atoms with E-state index in [0.717, 1.165) is 0 Å². The normalized spacial score (nSPS) is 22.8. The van der Waals surface area contributed by atoms with Gasteiger partial charge in [-0.15, -0.1) is 0 Å². The number of nitrogens with zero attached hydrogens (tertiary/aromatic N) is 1. The molecule has 1 N–H and O–H groups in total. The van der Waals surface area contributed by atoms with Crippen molar-refractivity contribution in [2.24, 2.45) is 11.8 Å². The molecule has 2 amide bonds. The molecule has 1 fully saturated rings. The van der Waals surface area contributed by atoms with E-state index in [1.54, 1.807) is 19.1 Å². The molecular weight excluding hydrogens is 350 g/mol. The molecule has 0 aliphatic carbocycles. The Labute approximate surface area is 140 Å². The predicted octanol–water partition coefficient (Wildman–Crippen LogP) is 3.23. The second kappa shape index (κ2) is 7.92. The van der Waals surface area contributed by atoms with Crippen molar-refractivity contribution < 1.29 is 19.4 Å². The molecule has 1 aliphatic heterocycles. The SMILES string of the molecule is C/C=C(\Br)[C@@H](O)[C@@H](C)/C=C(\C)C(=O)N1C(=O)OC[C@@H]1C(C)C. The van der Waals surface area contributed by atoms with Crippen LogP contribution in [0.25, 0.3) is 0 Å². The molecule has 0 aromatic heterocycles. The maximum atomic E-state index is 12.5. The summed E-state index contributed by atoms with van der Waals surface area (Å²) in [7, 11) is 0. The third kappa shape index (κ3) is 4.20. The number of allylic oxidation sites excluding steroid dienone is 1. The summed E-state index contributed by atoms with van der Waals surface area (Å²) < 4.78 is 5.66. The number of amides is 2. The maximum Gasteiger partial charge on any atom is 0.417 e. The minimum atomic E-state index is -0.723. The van der Waals surface area contributed by atoms with Gasteiger partial charge >= 0.3 is 6.09 Å². The van der Waals surface area contributed by atoms with Crippen LogP contribution in [0.1, 0.15) is 34.6 Å². The van der Waals surface area contributed by atoms with E-state index >= 15 is 0 Å². The Bertz CT molecular complexity index is 498. The maximum absolute atomic E-state index is 12.5. The molecule has 1 rings (SSSR count). The van der Waals surface area contributed by atoms with Gasteiger partial charge in [0.1, 0.15) is 6.61 Å². The molecule has 3 atom stereocenters. The molecule has 0 aromatic carbocycles. The molecule has 0 radical (unpaired) electrons. The molecule has 0 spiro atoms. The van der Waals surface area contributed by atoms with Gasteiger partial charge in [-0.2, -0.15) is 0 Å². The Hall–Kier alpha value is -1.14. The van der Waals surface area contributed by atoms with Gasteiger partial charge in [0.05, 0.1) is 12.1 Å². The molecule has 6 heteroatoms. The molecule has 0 saturated carbocycles. The summed E-state index contributed by atoms with van der Waals surface area (Å²) in [6, 6.07) is -0.245. The van der Waals surface area contributed by atoms with Gasteiger partial charge in [0.15, 0.2) is 0 Å². The molecule has 1 heterocycles. The van der Waals surface area contributed by atoms with Crippen molar-refractivity contribution in [3.8, 4) is 0 Å². The summed E-state index contributed by atoms with van der Waals surface area (Å²) in [5, 5.41) is 10.1. The fraction of sp³-hybridized carbons (Fsp3) is 0.625. The molecule has 124 valence electrons. The number of cyclic esters (lactones) is 1. The van der Waals surface area contributed by atoms with E-state index in [4.69, 9.17) is 4.74 Å². The highest BCUT2D eigenvalue weighted by atomic mass is 79.9. The summed E-state index contributed by atoms with van der Waals surface area (Å²) >= 11 is 3.29. The molecule has 0 unspecified atom stereocenters. The first kappa shape index (κ1) is 18.9. The third-order valence-corrected chi connectivity index (χ3v) is 4.73. The van der Waals surface area contributed by atoms with E-state index in [9.17, 15) is 14.7 Å². The Morgan fingerprint density at radius 3 is 2.55 bits per heavy atom. The lowest BCUT2D eigenvalue weighted by Gasteiger charge is -2.23. The van der Waals surface area contributed by atoms with Crippen LogP contribution in [-0.4, -0.2) is 40.8 Å². The van der Waals surface area contributed by atoms with Crippen molar-refractivity contribution in [3.05, 3.63) is 22.2 Å². The quantitative estimate of drug-likeness (QED) is 0.751. The standard InChI is InChI=1S/C16H24BrNO4/c1-6-12(17)14(19)10(4)7-11(5)15(20)18-13(9(2)3)8-22-16(18)21/h6-7,9-10,13-14,19H,8H2,1-5H3/b11-7+,12-6-/t10-,13+,14-/m0/s1. The van der Waals surface area contributed by atoms with Gasteiger partial charge in [0.25, 0.3) is 5.91 Å². The van der Waals surface area contributed by atoms with E-state index in [-0.39, 0.29) is 30.4 Å². The van der Waals surface area contributed by atoms with Crippen LogP contribution in [-0.2, 0) is 9.53 Å². The van der Waals surface area contributed by atoms with Crippen molar-refractivity contribution in [1.29, 1.82) is 0 Å². The number of hydrogen-bond donors (Lipinski definition) is 1. The number of ether oxygens (including phenoxy) is 1. The van der Waals surface area contributed by atoms with Gasteiger partial charge in [-0.1, -0.05) is 48.9 Å². The number of carbonyl (C=O) groups excluding carboxylic acids is 2. The number of hydrogen-bond acceptors (Lipinski definition) is 4. The summed E-state index contributed by atoms with van der Waals surface area (Å²) in [5.74, 6) is -0.495. The lowest BCUT2D eigenvalue weighted by Crippen LogP contribution is -2.42. The topological polar surface area (TPSA) is 66.8 Å². The number of imide groups is 1. The van der Waals surface area contributed by atoms with Crippen LogP contribution in [0, 0.1) is 11.8 Å². The smallest absolute Gasteiger partial charge is 0.417 e.